The van der Waals surface area contributed by atoms with Gasteiger partial charge in [0.2, 0.25) is 5.89 Å². The summed E-state index contributed by atoms with van der Waals surface area (Å²) >= 11 is 0. The Morgan fingerprint density at radius 2 is 2.12 bits per heavy atom. The number of aryl methyl sites for hydroxylation is 1. The molecule has 0 aromatic carbocycles. The van der Waals surface area contributed by atoms with Gasteiger partial charge in [-0.15, -0.1) is 0 Å². The Balaban J connectivity index is 1.72. The second kappa shape index (κ2) is 6.12. The molecular formula is C12H21N3O2. The number of nitrogens with one attached hydrogen (secondary N) is 1. The van der Waals surface area contributed by atoms with Crippen LogP contribution < -0.4 is 5.32 Å². The van der Waals surface area contributed by atoms with Crippen molar-refractivity contribution in [1.29, 1.82) is 0 Å². The van der Waals surface area contributed by atoms with Crippen molar-refractivity contribution in [1.82, 2.24) is 15.5 Å². The van der Waals surface area contributed by atoms with Crippen molar-refractivity contribution in [3.8, 4) is 0 Å². The van der Waals surface area contributed by atoms with Gasteiger partial charge in [-0.2, -0.15) is 4.98 Å². The van der Waals surface area contributed by atoms with Crippen LogP contribution in [-0.2, 0) is 17.8 Å². The minimum absolute atomic E-state index is 0.350. The van der Waals surface area contributed by atoms with Crippen molar-refractivity contribution < 1.29 is 9.26 Å². The maximum Gasteiger partial charge on any atom is 0.226 e. The van der Waals surface area contributed by atoms with Gasteiger partial charge in [0.15, 0.2) is 5.82 Å². The number of aromatic nitrogens is 2. The molecule has 0 bridgehead atoms. The van der Waals surface area contributed by atoms with Crippen molar-refractivity contribution in [3.05, 3.63) is 11.7 Å². The van der Waals surface area contributed by atoms with E-state index in [0.717, 1.165) is 19.3 Å². The molecule has 1 aromatic heterocycles. The molecule has 0 radical (unpaired) electrons. The lowest BCUT2D eigenvalue weighted by molar-refractivity contribution is 0.00793. The third-order valence-electron chi connectivity index (χ3n) is 3.34. The Hall–Kier alpha value is -0.940. The Labute approximate surface area is 102 Å². The van der Waals surface area contributed by atoms with E-state index in [1.807, 2.05) is 14.0 Å². The first kappa shape index (κ1) is 12.5. The summed E-state index contributed by atoms with van der Waals surface area (Å²) in [5, 5.41) is 7.19. The zero-order valence-electron chi connectivity index (χ0n) is 10.6. The van der Waals surface area contributed by atoms with Crippen LogP contribution in [0.2, 0.25) is 0 Å². The molecule has 2 rings (SSSR count). The predicted molar refractivity (Wildman–Crippen MR) is 63.6 cm³/mol. The molecule has 1 aliphatic rings. The molecule has 5 heteroatoms. The van der Waals surface area contributed by atoms with Gasteiger partial charge in [-0.3, -0.25) is 0 Å². The average Bonchev–Trinajstić information content (AvgIpc) is 2.85. The summed E-state index contributed by atoms with van der Waals surface area (Å²) in [4.78, 5) is 4.23. The zero-order chi connectivity index (χ0) is 12.1. The first-order chi connectivity index (χ1) is 8.31. The number of ether oxygens (including phenoxy) is 1. The molecule has 17 heavy (non-hydrogen) atoms. The molecule has 1 heterocycles. The summed E-state index contributed by atoms with van der Waals surface area (Å²) in [6, 6.07) is 0.659. The third kappa shape index (κ3) is 3.51. The van der Waals surface area contributed by atoms with Crippen LogP contribution in [-0.4, -0.2) is 29.3 Å². The minimum atomic E-state index is 0.350. The molecule has 0 amide bonds. The van der Waals surface area contributed by atoms with Gasteiger partial charge in [-0.1, -0.05) is 12.1 Å². The largest absolute Gasteiger partial charge is 0.370 e. The third-order valence-corrected chi connectivity index (χ3v) is 3.34. The summed E-state index contributed by atoms with van der Waals surface area (Å²) in [7, 11) is 2.03. The predicted octanol–water partition coefficient (Wildman–Crippen LogP) is 1.68. The van der Waals surface area contributed by atoms with Gasteiger partial charge in [0.25, 0.3) is 0 Å². The van der Waals surface area contributed by atoms with Crippen molar-refractivity contribution in [2.75, 3.05) is 7.05 Å². The highest BCUT2D eigenvalue weighted by molar-refractivity contribution is 4.84. The molecule has 0 atom stereocenters. The van der Waals surface area contributed by atoms with Crippen LogP contribution in [0.15, 0.2) is 4.52 Å². The van der Waals surface area contributed by atoms with Crippen molar-refractivity contribution >= 4 is 0 Å². The number of rotatable bonds is 5. The van der Waals surface area contributed by atoms with Crippen LogP contribution in [0.25, 0.3) is 0 Å². The molecule has 0 aliphatic heterocycles. The summed E-state index contributed by atoms with van der Waals surface area (Å²) in [5.41, 5.74) is 0. The van der Waals surface area contributed by atoms with Crippen LogP contribution >= 0.6 is 0 Å². The molecule has 1 N–H and O–H groups in total. The van der Waals surface area contributed by atoms with Crippen molar-refractivity contribution in [2.45, 2.75) is 57.8 Å². The van der Waals surface area contributed by atoms with E-state index in [4.69, 9.17) is 9.26 Å². The van der Waals surface area contributed by atoms with Crippen molar-refractivity contribution in [3.63, 3.8) is 0 Å². The van der Waals surface area contributed by atoms with Crippen LogP contribution in [0, 0.1) is 0 Å². The first-order valence-corrected chi connectivity index (χ1v) is 6.42. The zero-order valence-corrected chi connectivity index (χ0v) is 10.6. The van der Waals surface area contributed by atoms with Crippen LogP contribution in [0.4, 0.5) is 0 Å². The van der Waals surface area contributed by atoms with Gasteiger partial charge in [0.1, 0.15) is 6.61 Å². The second-order valence-corrected chi connectivity index (χ2v) is 4.53. The Kier molecular flexibility index (Phi) is 4.50. The summed E-state index contributed by atoms with van der Waals surface area (Å²) in [5.74, 6) is 1.35. The normalized spacial score (nSPS) is 25.1. The van der Waals surface area contributed by atoms with E-state index >= 15 is 0 Å². The second-order valence-electron chi connectivity index (χ2n) is 4.53. The van der Waals surface area contributed by atoms with Crippen LogP contribution in [0.1, 0.15) is 44.3 Å². The van der Waals surface area contributed by atoms with E-state index in [9.17, 15) is 0 Å². The lowest BCUT2D eigenvalue weighted by atomic mass is 9.93. The minimum Gasteiger partial charge on any atom is -0.370 e. The van der Waals surface area contributed by atoms with Gasteiger partial charge in [-0.05, 0) is 32.7 Å². The Morgan fingerprint density at radius 1 is 1.35 bits per heavy atom. The quantitative estimate of drug-likeness (QED) is 0.847. The van der Waals surface area contributed by atoms with E-state index in [2.05, 4.69) is 15.5 Å². The fraction of sp³-hybridized carbons (Fsp3) is 0.833. The maximum absolute atomic E-state index is 5.81. The SMILES string of the molecule is CCc1nc(COC2CCC(NC)CC2)no1. The summed E-state index contributed by atoms with van der Waals surface area (Å²) in [6.45, 7) is 2.47. The van der Waals surface area contributed by atoms with E-state index in [1.165, 1.54) is 12.8 Å². The number of hydrogen-bond acceptors (Lipinski definition) is 5. The van der Waals surface area contributed by atoms with Gasteiger partial charge < -0.3 is 14.6 Å². The number of hydrogen-bond donors (Lipinski definition) is 1. The lowest BCUT2D eigenvalue weighted by Gasteiger charge is -2.27. The molecule has 1 saturated carbocycles. The molecule has 0 saturated heterocycles. The first-order valence-electron chi connectivity index (χ1n) is 6.42. The molecule has 1 aromatic rings. The Morgan fingerprint density at radius 3 is 2.71 bits per heavy atom. The fourth-order valence-electron chi connectivity index (χ4n) is 2.20. The standard InChI is InChI=1S/C12H21N3O2/c1-3-12-14-11(15-17-12)8-16-10-6-4-9(13-2)5-7-10/h9-10,13H,3-8H2,1-2H3. The molecule has 96 valence electrons. The van der Waals surface area contributed by atoms with Crippen LogP contribution in [0.5, 0.6) is 0 Å². The van der Waals surface area contributed by atoms with Gasteiger partial charge in [0, 0.05) is 12.5 Å². The van der Waals surface area contributed by atoms with Gasteiger partial charge in [0.05, 0.1) is 6.10 Å². The van der Waals surface area contributed by atoms with E-state index in [-0.39, 0.29) is 0 Å². The molecule has 5 nitrogen and oxygen atoms in total. The van der Waals surface area contributed by atoms with E-state index in [0.29, 0.717) is 30.5 Å². The molecule has 0 unspecified atom stereocenters. The van der Waals surface area contributed by atoms with Crippen LogP contribution in [0.3, 0.4) is 0 Å². The Bertz CT molecular complexity index is 332. The highest BCUT2D eigenvalue weighted by Gasteiger charge is 2.20. The van der Waals surface area contributed by atoms with Gasteiger partial charge >= 0.3 is 0 Å². The van der Waals surface area contributed by atoms with Gasteiger partial charge in [-0.25, -0.2) is 0 Å². The molecular weight excluding hydrogens is 218 g/mol. The smallest absolute Gasteiger partial charge is 0.226 e. The molecule has 0 spiro atoms. The summed E-state index contributed by atoms with van der Waals surface area (Å²) in [6.07, 6.45) is 5.73. The summed E-state index contributed by atoms with van der Waals surface area (Å²) < 4.78 is 10.8. The average molecular weight is 239 g/mol. The monoisotopic (exact) mass is 239 g/mol. The number of nitrogens with zero attached hydrogens (tertiary/aromatic N) is 2. The maximum atomic E-state index is 5.81. The highest BCUT2D eigenvalue weighted by Crippen LogP contribution is 2.21. The fourth-order valence-corrected chi connectivity index (χ4v) is 2.20. The van der Waals surface area contributed by atoms with Crippen molar-refractivity contribution in [2.24, 2.45) is 0 Å². The molecule has 1 aliphatic carbocycles. The lowest BCUT2D eigenvalue weighted by Crippen LogP contribution is -2.32. The van der Waals surface area contributed by atoms with E-state index < -0.39 is 0 Å². The molecule has 1 fully saturated rings. The highest BCUT2D eigenvalue weighted by atomic mass is 16.5. The topological polar surface area (TPSA) is 60.2 Å². The van der Waals surface area contributed by atoms with E-state index in [1.54, 1.807) is 0 Å².